The summed E-state index contributed by atoms with van der Waals surface area (Å²) in [5, 5.41) is 0.856. The smallest absolute Gasteiger partial charge is 0.328 e. The number of fused-ring (bicyclic) bond motifs is 2. The number of carbonyl (C=O) groups excluding carboxylic acids is 1. The first-order chi connectivity index (χ1) is 14.3. The lowest BCUT2D eigenvalue weighted by Gasteiger charge is -2.20. The summed E-state index contributed by atoms with van der Waals surface area (Å²) >= 11 is 0. The summed E-state index contributed by atoms with van der Waals surface area (Å²) in [6, 6.07) is 11.5. The van der Waals surface area contributed by atoms with Gasteiger partial charge in [0.1, 0.15) is 5.75 Å². The van der Waals surface area contributed by atoms with Crippen molar-refractivity contribution in [3.63, 3.8) is 0 Å². The van der Waals surface area contributed by atoms with E-state index < -0.39 is 6.04 Å². The van der Waals surface area contributed by atoms with Crippen molar-refractivity contribution in [1.29, 1.82) is 0 Å². The van der Waals surface area contributed by atoms with Crippen molar-refractivity contribution in [2.75, 3.05) is 7.11 Å². The van der Waals surface area contributed by atoms with E-state index in [-0.39, 0.29) is 17.0 Å². The number of benzene rings is 2. The van der Waals surface area contributed by atoms with Gasteiger partial charge in [-0.3, -0.25) is 23.3 Å². The van der Waals surface area contributed by atoms with E-state index in [0.717, 1.165) is 16.5 Å². The Labute approximate surface area is 172 Å². The number of para-hydroxylation sites is 1. The van der Waals surface area contributed by atoms with E-state index in [1.807, 2.05) is 19.1 Å². The van der Waals surface area contributed by atoms with Crippen LogP contribution >= 0.6 is 0 Å². The topological polar surface area (TPSA) is 75.2 Å². The molecule has 0 fully saturated rings. The maximum atomic E-state index is 13.4. The number of hydrogen-bond donors (Lipinski definition) is 0. The molecule has 0 aliphatic heterocycles. The van der Waals surface area contributed by atoms with Crippen molar-refractivity contribution in [1.82, 2.24) is 13.7 Å². The molecule has 1 atom stereocenters. The second kappa shape index (κ2) is 7.02. The Morgan fingerprint density at radius 1 is 1.00 bits per heavy atom. The average molecular weight is 405 g/mol. The summed E-state index contributed by atoms with van der Waals surface area (Å²) in [6.45, 7) is 3.57. The molecule has 0 saturated carbocycles. The van der Waals surface area contributed by atoms with Gasteiger partial charge in [-0.1, -0.05) is 12.1 Å². The van der Waals surface area contributed by atoms with E-state index in [4.69, 9.17) is 4.74 Å². The zero-order valence-corrected chi connectivity index (χ0v) is 17.6. The van der Waals surface area contributed by atoms with Gasteiger partial charge < -0.3 is 4.74 Å². The van der Waals surface area contributed by atoms with Crippen LogP contribution in [0, 0.1) is 6.92 Å². The number of ketones is 1. The van der Waals surface area contributed by atoms with E-state index >= 15 is 0 Å². The summed E-state index contributed by atoms with van der Waals surface area (Å²) in [7, 11) is 4.91. The first-order valence-electron chi connectivity index (χ1n) is 9.64. The fourth-order valence-electron chi connectivity index (χ4n) is 4.10. The Morgan fingerprint density at radius 2 is 1.70 bits per heavy atom. The molecule has 0 saturated heterocycles. The highest BCUT2D eigenvalue weighted by Gasteiger charge is 2.23. The molecule has 2 aromatic heterocycles. The predicted molar refractivity (Wildman–Crippen MR) is 117 cm³/mol. The number of ether oxygens (including phenoxy) is 1. The predicted octanol–water partition coefficient (Wildman–Crippen LogP) is 2.95. The molecule has 0 N–H and O–H groups in total. The van der Waals surface area contributed by atoms with E-state index in [1.165, 1.54) is 19.8 Å². The van der Waals surface area contributed by atoms with Crippen molar-refractivity contribution in [3.8, 4) is 5.75 Å². The van der Waals surface area contributed by atoms with Gasteiger partial charge in [-0.05, 0) is 43.7 Å². The molecular formula is C23H23N3O4. The lowest BCUT2D eigenvalue weighted by Crippen LogP contribution is -2.28. The van der Waals surface area contributed by atoms with Crippen LogP contribution in [0.1, 0.15) is 28.9 Å². The number of Topliss-reactive ketones (excluding diaryl/α,β-unsaturated/α-hetero) is 1. The molecule has 4 aromatic rings. The Kier molecular flexibility index (Phi) is 4.61. The molecule has 2 aromatic carbocycles. The second-order valence-electron chi connectivity index (χ2n) is 7.54. The molecule has 0 amide bonds. The summed E-state index contributed by atoms with van der Waals surface area (Å²) in [6.07, 6.45) is 0. The molecule has 30 heavy (non-hydrogen) atoms. The molecule has 7 nitrogen and oxygen atoms in total. The van der Waals surface area contributed by atoms with Crippen LogP contribution in [0.15, 0.2) is 52.1 Å². The van der Waals surface area contributed by atoms with Gasteiger partial charge in [-0.2, -0.15) is 0 Å². The number of imidazole rings is 1. The zero-order chi connectivity index (χ0) is 21.7. The highest BCUT2D eigenvalue weighted by atomic mass is 16.5. The van der Waals surface area contributed by atoms with Crippen LogP contribution in [-0.2, 0) is 14.1 Å². The third kappa shape index (κ3) is 2.77. The monoisotopic (exact) mass is 405 g/mol. The summed E-state index contributed by atoms with van der Waals surface area (Å²) in [5.74, 6) is 0.320. The Bertz CT molecular complexity index is 1440. The average Bonchev–Trinajstić information content (AvgIpc) is 2.96. The normalized spacial score (nSPS) is 12.4. The van der Waals surface area contributed by atoms with Gasteiger partial charge in [0.25, 0.3) is 5.56 Å². The van der Waals surface area contributed by atoms with E-state index in [0.29, 0.717) is 22.3 Å². The Morgan fingerprint density at radius 3 is 2.40 bits per heavy atom. The van der Waals surface area contributed by atoms with Crippen molar-refractivity contribution < 1.29 is 9.53 Å². The summed E-state index contributed by atoms with van der Waals surface area (Å²) in [5.41, 5.74) is 2.84. The van der Waals surface area contributed by atoms with Crippen LogP contribution in [0.4, 0.5) is 0 Å². The minimum absolute atomic E-state index is 0.159. The first kappa shape index (κ1) is 19.7. The molecule has 0 bridgehead atoms. The minimum atomic E-state index is -0.755. The van der Waals surface area contributed by atoms with Crippen LogP contribution in [0.3, 0.4) is 0 Å². The SMILES string of the molecule is COc1cccc2c(C)cc(=O)n(C(C)C(=O)c3ccc4c(c3)n(C)c(=O)n4C)c12. The number of carbonyl (C=O) groups is 1. The van der Waals surface area contributed by atoms with Gasteiger partial charge in [0, 0.05) is 31.1 Å². The second-order valence-corrected chi connectivity index (χ2v) is 7.54. The van der Waals surface area contributed by atoms with Crippen molar-refractivity contribution in [2.45, 2.75) is 19.9 Å². The number of rotatable bonds is 4. The minimum Gasteiger partial charge on any atom is -0.495 e. The highest BCUT2D eigenvalue weighted by Crippen LogP contribution is 2.29. The number of pyridine rings is 1. The molecule has 1 unspecified atom stereocenters. The van der Waals surface area contributed by atoms with E-state index in [1.54, 1.807) is 52.4 Å². The van der Waals surface area contributed by atoms with Crippen LogP contribution in [0.5, 0.6) is 5.75 Å². The number of hydrogen-bond acceptors (Lipinski definition) is 4. The number of aromatic nitrogens is 3. The van der Waals surface area contributed by atoms with Gasteiger partial charge in [-0.15, -0.1) is 0 Å². The van der Waals surface area contributed by atoms with Crippen LogP contribution in [0.25, 0.3) is 21.9 Å². The van der Waals surface area contributed by atoms with Crippen LogP contribution < -0.4 is 16.0 Å². The molecule has 154 valence electrons. The zero-order valence-electron chi connectivity index (χ0n) is 17.6. The fourth-order valence-corrected chi connectivity index (χ4v) is 4.10. The standard InChI is InChI=1S/C23H23N3O4/c1-13-11-20(27)26(21-16(13)7-6-8-19(21)30-5)14(2)22(28)15-9-10-17-18(12-15)25(4)23(29)24(17)3/h6-12,14H,1-5H3. The van der Waals surface area contributed by atoms with Gasteiger partial charge in [0.15, 0.2) is 5.78 Å². The molecule has 7 heteroatoms. The maximum absolute atomic E-state index is 13.4. The largest absolute Gasteiger partial charge is 0.495 e. The highest BCUT2D eigenvalue weighted by molar-refractivity contribution is 6.02. The van der Waals surface area contributed by atoms with Crippen molar-refractivity contribution in [2.24, 2.45) is 14.1 Å². The first-order valence-corrected chi connectivity index (χ1v) is 9.64. The van der Waals surface area contributed by atoms with Gasteiger partial charge in [0.05, 0.1) is 29.7 Å². The fraction of sp³-hybridized carbons (Fsp3) is 0.261. The lowest BCUT2D eigenvalue weighted by atomic mass is 10.0. The molecule has 0 radical (unpaired) electrons. The number of nitrogens with zero attached hydrogens (tertiary/aromatic N) is 3. The van der Waals surface area contributed by atoms with Gasteiger partial charge >= 0.3 is 5.69 Å². The van der Waals surface area contributed by atoms with Gasteiger partial charge in [0.2, 0.25) is 0 Å². The molecular weight excluding hydrogens is 382 g/mol. The quantitative estimate of drug-likeness (QED) is 0.489. The lowest BCUT2D eigenvalue weighted by molar-refractivity contribution is 0.0935. The Balaban J connectivity index is 1.91. The third-order valence-corrected chi connectivity index (χ3v) is 5.79. The van der Waals surface area contributed by atoms with Crippen molar-refractivity contribution in [3.05, 3.63) is 74.4 Å². The van der Waals surface area contributed by atoms with E-state index in [9.17, 15) is 14.4 Å². The molecule has 0 spiro atoms. The maximum Gasteiger partial charge on any atom is 0.328 e. The summed E-state index contributed by atoms with van der Waals surface area (Å²) in [4.78, 5) is 38.5. The molecule has 2 heterocycles. The molecule has 0 aliphatic carbocycles. The van der Waals surface area contributed by atoms with Crippen LogP contribution in [-0.4, -0.2) is 26.6 Å². The van der Waals surface area contributed by atoms with Crippen LogP contribution in [0.2, 0.25) is 0 Å². The third-order valence-electron chi connectivity index (χ3n) is 5.79. The van der Waals surface area contributed by atoms with E-state index in [2.05, 4.69) is 0 Å². The Hall–Kier alpha value is -3.61. The number of methoxy groups -OCH3 is 1. The number of aryl methyl sites for hydroxylation is 3. The van der Waals surface area contributed by atoms with Crippen molar-refractivity contribution >= 4 is 27.7 Å². The summed E-state index contributed by atoms with van der Waals surface area (Å²) < 4.78 is 10.0. The molecule has 0 aliphatic rings. The van der Waals surface area contributed by atoms with Gasteiger partial charge in [-0.25, -0.2) is 4.79 Å². The molecule has 4 rings (SSSR count).